The van der Waals surface area contributed by atoms with Gasteiger partial charge in [-0.2, -0.15) is 8.42 Å². The molecule has 0 bridgehead atoms. The van der Waals surface area contributed by atoms with E-state index >= 15 is 0 Å². The monoisotopic (exact) mass is 280 g/mol. The van der Waals surface area contributed by atoms with Gasteiger partial charge in [-0.25, -0.2) is 0 Å². The molecule has 0 aliphatic heterocycles. The normalized spacial score (nSPS) is 15.4. The Morgan fingerprint density at radius 2 is 2.00 bits per heavy atom. The maximum absolute atomic E-state index is 10.1. The summed E-state index contributed by atoms with van der Waals surface area (Å²) >= 11 is 6.07. The SMILES string of the molecule is O=S(=O)(O)C[C@@H](Br)CBr. The zero-order chi connectivity index (χ0) is 7.49. The molecule has 0 radical (unpaired) electrons. The molecule has 0 heterocycles. The first kappa shape index (κ1) is 9.87. The summed E-state index contributed by atoms with van der Waals surface area (Å²) in [5.74, 6) is -0.252. The Balaban J connectivity index is 3.75. The van der Waals surface area contributed by atoms with Crippen LogP contribution in [-0.4, -0.2) is 28.9 Å². The fourth-order valence-electron chi connectivity index (χ4n) is 0.273. The molecule has 1 N–H and O–H groups in total. The molecule has 1 atom stereocenters. The minimum atomic E-state index is -3.81. The third-order valence-corrected chi connectivity index (χ3v) is 4.11. The topological polar surface area (TPSA) is 54.4 Å². The first-order valence-electron chi connectivity index (χ1n) is 2.11. The van der Waals surface area contributed by atoms with E-state index in [4.69, 9.17) is 4.55 Å². The van der Waals surface area contributed by atoms with Crippen molar-refractivity contribution in [3.8, 4) is 0 Å². The summed E-state index contributed by atoms with van der Waals surface area (Å²) in [6.45, 7) is 0. The summed E-state index contributed by atoms with van der Waals surface area (Å²) < 4.78 is 28.5. The number of rotatable bonds is 3. The van der Waals surface area contributed by atoms with E-state index < -0.39 is 10.1 Å². The molecule has 0 aliphatic carbocycles. The zero-order valence-corrected chi connectivity index (χ0v) is 8.41. The van der Waals surface area contributed by atoms with Crippen LogP contribution >= 0.6 is 31.9 Å². The maximum Gasteiger partial charge on any atom is 0.265 e. The van der Waals surface area contributed by atoms with Crippen molar-refractivity contribution >= 4 is 42.0 Å². The summed E-state index contributed by atoms with van der Waals surface area (Å²) in [5, 5.41) is 0.507. The summed E-state index contributed by atoms with van der Waals surface area (Å²) in [6, 6.07) is 0. The van der Waals surface area contributed by atoms with Gasteiger partial charge < -0.3 is 0 Å². The van der Waals surface area contributed by atoms with Crippen molar-refractivity contribution < 1.29 is 13.0 Å². The lowest BCUT2D eigenvalue weighted by molar-refractivity contribution is 0.483. The highest BCUT2D eigenvalue weighted by molar-refractivity contribution is 9.12. The number of hydrogen-bond donors (Lipinski definition) is 1. The first-order valence-corrected chi connectivity index (χ1v) is 5.75. The van der Waals surface area contributed by atoms with Crippen molar-refractivity contribution in [1.29, 1.82) is 0 Å². The second-order valence-electron chi connectivity index (χ2n) is 1.50. The second-order valence-corrected chi connectivity index (χ2v) is 4.94. The predicted octanol–water partition coefficient (Wildman–Crippen LogP) is 1.03. The van der Waals surface area contributed by atoms with Crippen LogP contribution in [0.15, 0.2) is 0 Å². The smallest absolute Gasteiger partial charge is 0.265 e. The van der Waals surface area contributed by atoms with Gasteiger partial charge >= 0.3 is 0 Å². The molecule has 0 saturated carbocycles. The molecule has 3 nitrogen and oxygen atoms in total. The third-order valence-electron chi connectivity index (χ3n) is 0.559. The number of alkyl halides is 2. The van der Waals surface area contributed by atoms with E-state index in [1.165, 1.54) is 0 Å². The molecule has 0 rings (SSSR count). The molecule has 0 aliphatic rings. The molecule has 9 heavy (non-hydrogen) atoms. The van der Waals surface area contributed by atoms with Crippen molar-refractivity contribution in [3.63, 3.8) is 0 Å². The predicted molar refractivity (Wildman–Crippen MR) is 42.9 cm³/mol. The van der Waals surface area contributed by atoms with E-state index in [0.29, 0.717) is 5.33 Å². The Bertz CT molecular complexity index is 164. The van der Waals surface area contributed by atoms with Gasteiger partial charge in [-0.1, -0.05) is 31.9 Å². The Hall–Kier alpha value is 0.870. The number of hydrogen-bond acceptors (Lipinski definition) is 2. The van der Waals surface area contributed by atoms with Crippen molar-refractivity contribution in [2.24, 2.45) is 0 Å². The fraction of sp³-hybridized carbons (Fsp3) is 1.00. The molecule has 0 unspecified atom stereocenters. The van der Waals surface area contributed by atoms with Gasteiger partial charge in [0.2, 0.25) is 0 Å². The molecule has 6 heteroatoms. The van der Waals surface area contributed by atoms with Crippen molar-refractivity contribution in [3.05, 3.63) is 0 Å². The Kier molecular flexibility index (Phi) is 4.28. The van der Waals surface area contributed by atoms with Crippen molar-refractivity contribution in [2.45, 2.75) is 4.83 Å². The van der Waals surface area contributed by atoms with E-state index in [1.807, 2.05) is 0 Å². The van der Waals surface area contributed by atoms with Gasteiger partial charge in [-0.05, 0) is 0 Å². The van der Waals surface area contributed by atoms with Crippen LogP contribution in [0.5, 0.6) is 0 Å². The van der Waals surface area contributed by atoms with Gasteiger partial charge in [0, 0.05) is 10.2 Å². The minimum absolute atomic E-state index is 0.215. The van der Waals surface area contributed by atoms with Crippen molar-refractivity contribution in [1.82, 2.24) is 0 Å². The molecule has 0 aromatic carbocycles. The van der Waals surface area contributed by atoms with Gasteiger partial charge in [0.1, 0.15) is 0 Å². The number of halogens is 2. The van der Waals surface area contributed by atoms with Crippen LogP contribution < -0.4 is 0 Å². The highest BCUT2D eigenvalue weighted by Crippen LogP contribution is 2.05. The first-order chi connectivity index (χ1) is 3.95. The molecule has 0 aromatic rings. The lowest BCUT2D eigenvalue weighted by Crippen LogP contribution is -2.15. The van der Waals surface area contributed by atoms with Gasteiger partial charge in [0.05, 0.1) is 5.75 Å². The van der Waals surface area contributed by atoms with Gasteiger partial charge in [-0.3, -0.25) is 4.55 Å². The fourth-order valence-corrected chi connectivity index (χ4v) is 2.38. The molecular formula is C3H6Br2O3S. The average molecular weight is 282 g/mol. The van der Waals surface area contributed by atoms with Crippen LogP contribution in [0.1, 0.15) is 0 Å². The molecular weight excluding hydrogens is 276 g/mol. The van der Waals surface area contributed by atoms with Gasteiger partial charge in [0.15, 0.2) is 0 Å². The van der Waals surface area contributed by atoms with Crippen LogP contribution in [0.2, 0.25) is 0 Å². The Morgan fingerprint density at radius 3 is 2.11 bits per heavy atom. The summed E-state index contributed by atoms with van der Waals surface area (Å²) in [4.78, 5) is -0.215. The van der Waals surface area contributed by atoms with Crippen LogP contribution in [0.25, 0.3) is 0 Å². The summed E-state index contributed by atoms with van der Waals surface area (Å²) in [5.41, 5.74) is 0. The van der Waals surface area contributed by atoms with E-state index in [1.54, 1.807) is 0 Å². The molecule has 0 fully saturated rings. The highest BCUT2D eigenvalue weighted by atomic mass is 79.9. The van der Waals surface area contributed by atoms with Crippen LogP contribution in [0, 0.1) is 0 Å². The minimum Gasteiger partial charge on any atom is -0.286 e. The Labute approximate surface area is 70.8 Å². The molecule has 0 spiro atoms. The molecule has 0 aromatic heterocycles. The van der Waals surface area contributed by atoms with E-state index in [2.05, 4.69) is 31.9 Å². The second kappa shape index (κ2) is 3.90. The largest absolute Gasteiger partial charge is 0.286 e. The van der Waals surface area contributed by atoms with Gasteiger partial charge in [0.25, 0.3) is 10.1 Å². The van der Waals surface area contributed by atoms with Crippen LogP contribution in [0.3, 0.4) is 0 Å². The average Bonchev–Trinajstić information content (AvgIpc) is 1.62. The molecule has 0 amide bonds. The standard InChI is InChI=1S/C3H6Br2O3S/c4-1-3(5)2-9(6,7)8/h3H,1-2H2,(H,6,7,8)/t3-/m0/s1. The van der Waals surface area contributed by atoms with Gasteiger partial charge in [-0.15, -0.1) is 0 Å². The molecule has 56 valence electrons. The maximum atomic E-state index is 10.1. The zero-order valence-electron chi connectivity index (χ0n) is 4.42. The van der Waals surface area contributed by atoms with Crippen LogP contribution in [-0.2, 0) is 10.1 Å². The van der Waals surface area contributed by atoms with E-state index in [-0.39, 0.29) is 10.6 Å². The van der Waals surface area contributed by atoms with Crippen LogP contribution in [0.4, 0.5) is 0 Å². The lowest BCUT2D eigenvalue weighted by Gasteiger charge is -1.99. The van der Waals surface area contributed by atoms with Crippen molar-refractivity contribution in [2.75, 3.05) is 11.1 Å². The third kappa shape index (κ3) is 6.76. The molecule has 0 saturated heterocycles. The van der Waals surface area contributed by atoms with E-state index in [9.17, 15) is 8.42 Å². The Morgan fingerprint density at radius 1 is 1.56 bits per heavy atom. The quantitative estimate of drug-likeness (QED) is 0.621. The summed E-state index contributed by atoms with van der Waals surface area (Å²) in [6.07, 6.45) is 0. The highest BCUT2D eigenvalue weighted by Gasteiger charge is 2.11. The van der Waals surface area contributed by atoms with E-state index in [0.717, 1.165) is 0 Å². The summed E-state index contributed by atoms with van der Waals surface area (Å²) in [7, 11) is -3.81. The lowest BCUT2D eigenvalue weighted by atomic mass is 10.6.